The highest BCUT2D eigenvalue weighted by molar-refractivity contribution is 7.22. The van der Waals surface area contributed by atoms with E-state index in [2.05, 4.69) is 170 Å². The Kier molecular flexibility index (Phi) is 6.37. The van der Waals surface area contributed by atoms with Crippen molar-refractivity contribution in [1.82, 2.24) is 9.97 Å². The van der Waals surface area contributed by atoms with Crippen LogP contribution in [0, 0.1) is 0 Å². The van der Waals surface area contributed by atoms with Crippen molar-refractivity contribution >= 4 is 21.4 Å². The predicted octanol–water partition coefficient (Wildman–Crippen LogP) is 12.7. The van der Waals surface area contributed by atoms with Crippen molar-refractivity contribution < 1.29 is 0 Å². The molecule has 0 fully saturated rings. The van der Waals surface area contributed by atoms with Crippen LogP contribution in [-0.2, 0) is 5.41 Å². The number of aromatic nitrogens is 2. The highest BCUT2D eigenvalue weighted by Crippen LogP contribution is 2.66. The highest BCUT2D eigenvalue weighted by atomic mass is 32.1. The van der Waals surface area contributed by atoms with Crippen LogP contribution in [-0.4, -0.2) is 9.97 Å². The molecule has 0 saturated heterocycles. The summed E-state index contributed by atoms with van der Waals surface area (Å²) in [5.41, 5.74) is 16.2. The van der Waals surface area contributed by atoms with Gasteiger partial charge < -0.3 is 0 Å². The Morgan fingerprint density at radius 1 is 0.385 bits per heavy atom. The molecule has 11 rings (SSSR count). The summed E-state index contributed by atoms with van der Waals surface area (Å²) in [6.45, 7) is 0. The SMILES string of the molecule is c1ccc(-c2cc(-c3ccccc3)nc(-c3ccccc3-c3ccc4c(c3)C3(c5ccccc5-4)c4ccccc4-c4sc5ccccc5c43)n2)cc1. The number of fused-ring (bicyclic) bond motifs is 12. The van der Waals surface area contributed by atoms with Gasteiger partial charge in [-0.1, -0.05) is 164 Å². The van der Waals surface area contributed by atoms with Crippen LogP contribution in [0.15, 0.2) is 182 Å². The Balaban J connectivity index is 1.17. The van der Waals surface area contributed by atoms with E-state index in [9.17, 15) is 0 Å². The van der Waals surface area contributed by atoms with Crippen LogP contribution in [0.25, 0.3) is 76.7 Å². The van der Waals surface area contributed by atoms with Gasteiger partial charge in [0.25, 0.3) is 0 Å². The lowest BCUT2D eigenvalue weighted by molar-refractivity contribution is 0.803. The summed E-state index contributed by atoms with van der Waals surface area (Å²) in [6.07, 6.45) is 0. The van der Waals surface area contributed by atoms with Gasteiger partial charge in [-0.2, -0.15) is 0 Å². The fraction of sp³-hybridized carbons (Fsp3) is 0.0204. The van der Waals surface area contributed by atoms with Crippen molar-refractivity contribution in [1.29, 1.82) is 0 Å². The first kappa shape index (κ1) is 29.3. The Hall–Kier alpha value is -6.42. The van der Waals surface area contributed by atoms with Crippen LogP contribution in [0.3, 0.4) is 0 Å². The van der Waals surface area contributed by atoms with E-state index in [4.69, 9.17) is 9.97 Å². The summed E-state index contributed by atoms with van der Waals surface area (Å²) < 4.78 is 1.33. The molecule has 0 radical (unpaired) electrons. The molecule has 2 heterocycles. The highest BCUT2D eigenvalue weighted by Gasteiger charge is 2.53. The molecule has 2 aromatic heterocycles. The maximum atomic E-state index is 5.24. The van der Waals surface area contributed by atoms with Gasteiger partial charge in [0.1, 0.15) is 0 Å². The molecule has 3 heteroatoms. The first-order valence-electron chi connectivity index (χ1n) is 17.7. The Bertz CT molecular complexity index is 2800. The third-order valence-electron chi connectivity index (χ3n) is 10.9. The summed E-state index contributed by atoms with van der Waals surface area (Å²) in [5.74, 6) is 0.714. The van der Waals surface area contributed by atoms with E-state index in [1.807, 2.05) is 23.5 Å². The zero-order valence-electron chi connectivity index (χ0n) is 28.1. The standard InChI is InChI=1S/C49H30N2S/c1-3-15-31(16-4-1)43-30-44(32-17-5-2-6-18-32)51-48(50-43)37-21-8-7-19-34(37)33-27-28-36-35-20-9-12-24-40(35)49(42(36)29-33)41-25-13-10-22-38(41)47-46(49)39-23-11-14-26-45(39)52-47/h1-30H. The Labute approximate surface area is 306 Å². The van der Waals surface area contributed by atoms with Crippen molar-refractivity contribution in [2.45, 2.75) is 5.41 Å². The Morgan fingerprint density at radius 3 is 1.63 bits per heavy atom. The molecule has 1 atom stereocenters. The second kappa shape index (κ2) is 11.3. The molecule has 52 heavy (non-hydrogen) atoms. The third-order valence-corrected chi connectivity index (χ3v) is 12.1. The second-order valence-electron chi connectivity index (χ2n) is 13.6. The molecule has 242 valence electrons. The molecule has 2 nitrogen and oxygen atoms in total. The van der Waals surface area contributed by atoms with Crippen molar-refractivity contribution in [3.05, 3.63) is 204 Å². The summed E-state index contributed by atoms with van der Waals surface area (Å²) in [5, 5.41) is 1.34. The van der Waals surface area contributed by atoms with Crippen molar-refractivity contribution in [3.63, 3.8) is 0 Å². The lowest BCUT2D eigenvalue weighted by Crippen LogP contribution is -2.25. The van der Waals surface area contributed by atoms with Gasteiger partial charge in [0.2, 0.25) is 0 Å². The first-order chi connectivity index (χ1) is 25.8. The summed E-state index contributed by atoms with van der Waals surface area (Å²) in [7, 11) is 0. The molecule has 7 aromatic carbocycles. The third kappa shape index (κ3) is 4.11. The molecular weight excluding hydrogens is 649 g/mol. The van der Waals surface area contributed by atoms with Crippen molar-refractivity contribution in [2.75, 3.05) is 0 Å². The van der Waals surface area contributed by atoms with Crippen LogP contribution in [0.2, 0.25) is 0 Å². The number of hydrogen-bond acceptors (Lipinski definition) is 3. The topological polar surface area (TPSA) is 25.8 Å². The minimum absolute atomic E-state index is 0.424. The van der Waals surface area contributed by atoms with Gasteiger partial charge in [-0.15, -0.1) is 11.3 Å². The minimum Gasteiger partial charge on any atom is -0.228 e. The van der Waals surface area contributed by atoms with Crippen LogP contribution in [0.1, 0.15) is 22.3 Å². The molecular formula is C49H30N2S. The van der Waals surface area contributed by atoms with Crippen LogP contribution >= 0.6 is 11.3 Å². The number of nitrogens with zero attached hydrogens (tertiary/aromatic N) is 2. The largest absolute Gasteiger partial charge is 0.228 e. The maximum absolute atomic E-state index is 5.24. The van der Waals surface area contributed by atoms with E-state index in [1.54, 1.807) is 0 Å². The quantitative estimate of drug-likeness (QED) is 0.185. The number of thiophene rings is 1. The predicted molar refractivity (Wildman–Crippen MR) is 215 cm³/mol. The number of hydrogen-bond donors (Lipinski definition) is 0. The summed E-state index contributed by atoms with van der Waals surface area (Å²) >= 11 is 1.92. The zero-order valence-corrected chi connectivity index (χ0v) is 28.9. The van der Waals surface area contributed by atoms with Crippen LogP contribution in [0.4, 0.5) is 0 Å². The number of benzene rings is 7. The number of rotatable bonds is 4. The molecule has 0 aliphatic heterocycles. The summed E-state index contributed by atoms with van der Waals surface area (Å²) in [6, 6.07) is 65.7. The Morgan fingerprint density at radius 2 is 0.923 bits per heavy atom. The van der Waals surface area contributed by atoms with Crippen molar-refractivity contribution in [2.24, 2.45) is 0 Å². The van der Waals surface area contributed by atoms with E-state index in [0.29, 0.717) is 5.82 Å². The molecule has 1 unspecified atom stereocenters. The molecule has 0 saturated carbocycles. The van der Waals surface area contributed by atoms with Gasteiger partial charge in [-0.25, -0.2) is 9.97 Å². The van der Waals surface area contributed by atoms with E-state index < -0.39 is 5.41 Å². The van der Waals surface area contributed by atoms with Gasteiger partial charge >= 0.3 is 0 Å². The zero-order chi connectivity index (χ0) is 34.2. The lowest BCUT2D eigenvalue weighted by Gasteiger charge is -2.30. The first-order valence-corrected chi connectivity index (χ1v) is 18.6. The van der Waals surface area contributed by atoms with Gasteiger partial charge in [-0.3, -0.25) is 0 Å². The van der Waals surface area contributed by atoms with E-state index in [1.165, 1.54) is 53.9 Å². The fourth-order valence-corrected chi connectivity index (χ4v) is 10.1. The van der Waals surface area contributed by atoms with Crippen LogP contribution < -0.4 is 0 Å². The molecule has 0 bridgehead atoms. The van der Waals surface area contributed by atoms with Gasteiger partial charge in [0, 0.05) is 26.3 Å². The fourth-order valence-electron chi connectivity index (χ4n) is 8.77. The molecule has 1 spiro atoms. The van der Waals surface area contributed by atoms with E-state index in [-0.39, 0.29) is 0 Å². The maximum Gasteiger partial charge on any atom is 0.161 e. The van der Waals surface area contributed by atoms with E-state index in [0.717, 1.165) is 39.2 Å². The van der Waals surface area contributed by atoms with Gasteiger partial charge in [0.15, 0.2) is 5.82 Å². The minimum atomic E-state index is -0.424. The van der Waals surface area contributed by atoms with Gasteiger partial charge in [-0.05, 0) is 73.7 Å². The smallest absolute Gasteiger partial charge is 0.161 e. The van der Waals surface area contributed by atoms with E-state index >= 15 is 0 Å². The average molecular weight is 679 g/mol. The molecule has 0 amide bonds. The lowest BCUT2D eigenvalue weighted by atomic mass is 9.70. The van der Waals surface area contributed by atoms with Crippen molar-refractivity contribution in [3.8, 4) is 66.6 Å². The normalized spacial score (nSPS) is 15.0. The molecule has 2 aliphatic rings. The monoisotopic (exact) mass is 678 g/mol. The second-order valence-corrected chi connectivity index (χ2v) is 14.7. The molecule has 9 aromatic rings. The van der Waals surface area contributed by atoms with Crippen LogP contribution in [0.5, 0.6) is 0 Å². The average Bonchev–Trinajstić information content (AvgIpc) is 3.85. The summed E-state index contributed by atoms with van der Waals surface area (Å²) in [4.78, 5) is 11.9. The molecule has 0 N–H and O–H groups in total. The molecule has 2 aliphatic carbocycles. The van der Waals surface area contributed by atoms with Gasteiger partial charge in [0.05, 0.1) is 16.8 Å².